The van der Waals surface area contributed by atoms with Crippen molar-refractivity contribution in [1.82, 2.24) is 4.98 Å². The van der Waals surface area contributed by atoms with Crippen LogP contribution in [0.2, 0.25) is 0 Å². The zero-order valence-corrected chi connectivity index (χ0v) is 11.6. The lowest BCUT2D eigenvalue weighted by Gasteiger charge is -2.18. The Labute approximate surface area is 124 Å². The first-order chi connectivity index (χ1) is 10.2. The van der Waals surface area contributed by atoms with Crippen molar-refractivity contribution in [2.24, 2.45) is 0 Å². The second-order valence-corrected chi connectivity index (χ2v) is 5.05. The highest BCUT2D eigenvalue weighted by Gasteiger charge is 2.16. The molecule has 0 bridgehead atoms. The molecular weight excluding hydrogens is 258 g/mol. The largest absolute Gasteiger partial charge is 0.399 e. The molecule has 1 heterocycles. The van der Waals surface area contributed by atoms with Gasteiger partial charge in [-0.3, -0.25) is 4.98 Å². The molecule has 0 aliphatic rings. The van der Waals surface area contributed by atoms with Gasteiger partial charge in [0.25, 0.3) is 0 Å². The Balaban J connectivity index is 2.11. The molecule has 3 nitrogen and oxygen atoms in total. The van der Waals surface area contributed by atoms with Crippen molar-refractivity contribution in [2.75, 3.05) is 11.5 Å². The van der Waals surface area contributed by atoms with Gasteiger partial charge < -0.3 is 11.5 Å². The Kier molecular flexibility index (Phi) is 3.56. The molecule has 0 amide bonds. The summed E-state index contributed by atoms with van der Waals surface area (Å²) in [6.07, 6.45) is 3.68. The average molecular weight is 275 g/mol. The molecule has 0 aliphatic carbocycles. The van der Waals surface area contributed by atoms with Crippen LogP contribution in [0.4, 0.5) is 11.4 Å². The lowest BCUT2D eigenvalue weighted by Crippen LogP contribution is -2.04. The molecule has 104 valence electrons. The van der Waals surface area contributed by atoms with E-state index in [2.05, 4.69) is 35.3 Å². The number of nitrogens with zero attached hydrogens (tertiary/aromatic N) is 1. The van der Waals surface area contributed by atoms with E-state index in [4.69, 9.17) is 11.5 Å². The van der Waals surface area contributed by atoms with E-state index in [0.717, 1.165) is 16.9 Å². The zero-order chi connectivity index (χ0) is 14.7. The van der Waals surface area contributed by atoms with Gasteiger partial charge in [0.2, 0.25) is 0 Å². The van der Waals surface area contributed by atoms with Crippen molar-refractivity contribution in [2.45, 2.75) is 5.92 Å². The highest BCUT2D eigenvalue weighted by Crippen LogP contribution is 2.32. The summed E-state index contributed by atoms with van der Waals surface area (Å²) in [5, 5.41) is 0. The Bertz CT molecular complexity index is 658. The summed E-state index contributed by atoms with van der Waals surface area (Å²) in [4.78, 5) is 4.24. The molecule has 0 unspecified atom stereocenters. The number of hydrogen-bond acceptors (Lipinski definition) is 3. The molecule has 0 fully saturated rings. The van der Waals surface area contributed by atoms with Crippen LogP contribution >= 0.6 is 0 Å². The Morgan fingerprint density at radius 3 is 1.62 bits per heavy atom. The van der Waals surface area contributed by atoms with Crippen LogP contribution in [0.1, 0.15) is 22.6 Å². The Morgan fingerprint density at radius 2 is 1.19 bits per heavy atom. The molecule has 4 N–H and O–H groups in total. The maximum absolute atomic E-state index is 5.80. The van der Waals surface area contributed by atoms with Crippen LogP contribution in [0.15, 0.2) is 73.1 Å². The number of pyridine rings is 1. The number of aromatic nitrogens is 1. The van der Waals surface area contributed by atoms with Gasteiger partial charge in [0.15, 0.2) is 0 Å². The monoisotopic (exact) mass is 275 g/mol. The molecule has 0 radical (unpaired) electrons. The number of nitrogen functional groups attached to an aromatic ring is 2. The van der Waals surface area contributed by atoms with Gasteiger partial charge in [0, 0.05) is 29.7 Å². The Morgan fingerprint density at radius 1 is 0.667 bits per heavy atom. The second kappa shape index (κ2) is 5.67. The topological polar surface area (TPSA) is 64.9 Å². The molecule has 0 atom stereocenters. The van der Waals surface area contributed by atoms with Gasteiger partial charge in [-0.05, 0) is 47.0 Å². The van der Waals surface area contributed by atoms with Gasteiger partial charge >= 0.3 is 0 Å². The predicted molar refractivity (Wildman–Crippen MR) is 86.9 cm³/mol. The first-order valence-corrected chi connectivity index (χ1v) is 6.85. The van der Waals surface area contributed by atoms with Crippen molar-refractivity contribution >= 4 is 11.4 Å². The molecule has 2 aromatic carbocycles. The van der Waals surface area contributed by atoms with Gasteiger partial charge in [-0.2, -0.15) is 0 Å². The van der Waals surface area contributed by atoms with Crippen molar-refractivity contribution in [1.29, 1.82) is 0 Å². The molecule has 0 spiro atoms. The van der Waals surface area contributed by atoms with E-state index in [0.29, 0.717) is 0 Å². The van der Waals surface area contributed by atoms with E-state index in [-0.39, 0.29) is 5.92 Å². The quantitative estimate of drug-likeness (QED) is 0.720. The van der Waals surface area contributed by atoms with Crippen molar-refractivity contribution in [3.8, 4) is 0 Å². The predicted octanol–water partition coefficient (Wildman–Crippen LogP) is 3.43. The summed E-state index contributed by atoms with van der Waals surface area (Å²) >= 11 is 0. The number of rotatable bonds is 3. The average Bonchev–Trinajstić information content (AvgIpc) is 2.52. The lowest BCUT2D eigenvalue weighted by molar-refractivity contribution is 0.964. The molecule has 3 rings (SSSR count). The van der Waals surface area contributed by atoms with E-state index < -0.39 is 0 Å². The fourth-order valence-electron chi connectivity index (χ4n) is 2.50. The van der Waals surface area contributed by atoms with E-state index in [1.165, 1.54) is 11.1 Å². The van der Waals surface area contributed by atoms with Gasteiger partial charge in [-0.15, -0.1) is 0 Å². The lowest BCUT2D eigenvalue weighted by atomic mass is 9.86. The molecule has 3 aromatic rings. The summed E-state index contributed by atoms with van der Waals surface area (Å²) < 4.78 is 0. The van der Waals surface area contributed by atoms with Crippen LogP contribution in [-0.2, 0) is 0 Å². The maximum atomic E-state index is 5.80. The zero-order valence-electron chi connectivity index (χ0n) is 11.6. The van der Waals surface area contributed by atoms with Crippen LogP contribution in [0.25, 0.3) is 0 Å². The molecule has 0 saturated carbocycles. The van der Waals surface area contributed by atoms with Gasteiger partial charge in [-0.1, -0.05) is 30.3 Å². The number of anilines is 2. The second-order valence-electron chi connectivity index (χ2n) is 5.05. The Hall–Kier alpha value is -2.81. The van der Waals surface area contributed by atoms with E-state index in [9.17, 15) is 0 Å². The molecule has 0 saturated heterocycles. The van der Waals surface area contributed by atoms with Gasteiger partial charge in [0.05, 0.1) is 0 Å². The first kappa shape index (κ1) is 13.2. The summed E-state index contributed by atoms with van der Waals surface area (Å²) in [7, 11) is 0. The normalized spacial score (nSPS) is 10.7. The number of nitrogens with two attached hydrogens (primary N) is 2. The van der Waals surface area contributed by atoms with Crippen LogP contribution in [0.3, 0.4) is 0 Å². The highest BCUT2D eigenvalue weighted by molar-refractivity contribution is 5.49. The van der Waals surface area contributed by atoms with Crippen LogP contribution in [-0.4, -0.2) is 4.98 Å². The fourth-order valence-corrected chi connectivity index (χ4v) is 2.50. The van der Waals surface area contributed by atoms with Crippen LogP contribution in [0.5, 0.6) is 0 Å². The summed E-state index contributed by atoms with van der Waals surface area (Å²) in [5.41, 5.74) is 16.6. The van der Waals surface area contributed by atoms with Gasteiger partial charge in [0.1, 0.15) is 0 Å². The summed E-state index contributed by atoms with van der Waals surface area (Å²) in [6, 6.07) is 20.0. The molecule has 0 aliphatic heterocycles. The van der Waals surface area contributed by atoms with E-state index >= 15 is 0 Å². The standard InChI is InChI=1S/C18H17N3/c19-16-7-3-13(4-8-16)18(15-2-1-11-21-12-15)14-5-9-17(20)10-6-14/h1-12,18H,19-20H2. The number of benzene rings is 2. The minimum absolute atomic E-state index is 0.125. The summed E-state index contributed by atoms with van der Waals surface area (Å²) in [5.74, 6) is 0.125. The molecular formula is C18H17N3. The number of hydrogen-bond donors (Lipinski definition) is 2. The first-order valence-electron chi connectivity index (χ1n) is 6.85. The van der Waals surface area contributed by atoms with Crippen molar-refractivity contribution in [3.63, 3.8) is 0 Å². The molecule has 3 heteroatoms. The molecule has 21 heavy (non-hydrogen) atoms. The van der Waals surface area contributed by atoms with E-state index in [1.807, 2.05) is 36.5 Å². The highest BCUT2D eigenvalue weighted by atomic mass is 14.6. The van der Waals surface area contributed by atoms with Gasteiger partial charge in [-0.25, -0.2) is 0 Å². The third-order valence-electron chi connectivity index (χ3n) is 3.56. The fraction of sp³-hybridized carbons (Fsp3) is 0.0556. The minimum atomic E-state index is 0.125. The maximum Gasteiger partial charge on any atom is 0.0355 e. The van der Waals surface area contributed by atoms with Crippen LogP contribution in [0, 0.1) is 0 Å². The summed E-state index contributed by atoms with van der Waals surface area (Å²) in [6.45, 7) is 0. The van der Waals surface area contributed by atoms with Crippen LogP contribution < -0.4 is 11.5 Å². The molecule has 1 aromatic heterocycles. The van der Waals surface area contributed by atoms with Crippen molar-refractivity contribution in [3.05, 3.63) is 89.7 Å². The third-order valence-corrected chi connectivity index (χ3v) is 3.56. The smallest absolute Gasteiger partial charge is 0.0355 e. The minimum Gasteiger partial charge on any atom is -0.399 e. The SMILES string of the molecule is Nc1ccc(C(c2ccc(N)cc2)c2cccnc2)cc1. The third kappa shape index (κ3) is 2.87. The van der Waals surface area contributed by atoms with E-state index in [1.54, 1.807) is 6.20 Å². The van der Waals surface area contributed by atoms with Crippen molar-refractivity contribution < 1.29 is 0 Å².